The average molecular weight is 312 g/mol. The van der Waals surface area contributed by atoms with Gasteiger partial charge in [0.25, 0.3) is 5.91 Å². The first-order chi connectivity index (χ1) is 10.1. The minimum atomic E-state index is -0.0956. The van der Waals surface area contributed by atoms with Crippen LogP contribution < -0.4 is 10.6 Å². The van der Waals surface area contributed by atoms with Crippen LogP contribution in [0.5, 0.6) is 0 Å². The van der Waals surface area contributed by atoms with E-state index in [4.69, 9.17) is 5.73 Å². The van der Waals surface area contributed by atoms with E-state index < -0.39 is 0 Å². The summed E-state index contributed by atoms with van der Waals surface area (Å²) in [5.41, 5.74) is 5.93. The van der Waals surface area contributed by atoms with Gasteiger partial charge >= 0.3 is 0 Å². The molecule has 1 aromatic rings. The van der Waals surface area contributed by atoms with Crippen LogP contribution in [-0.4, -0.2) is 53.7 Å². The average Bonchev–Trinajstić information content (AvgIpc) is 3.12. The number of aromatic nitrogens is 1. The van der Waals surface area contributed by atoms with Crippen LogP contribution in [0, 0.1) is 0 Å². The van der Waals surface area contributed by atoms with Crippen molar-refractivity contribution in [2.45, 2.75) is 38.6 Å². The normalized spacial score (nSPS) is 15.4. The van der Waals surface area contributed by atoms with Crippen molar-refractivity contribution in [2.24, 2.45) is 0 Å². The van der Waals surface area contributed by atoms with E-state index in [1.807, 2.05) is 18.9 Å². The predicted octanol–water partition coefficient (Wildman–Crippen LogP) is 1.56. The number of nitrogens with two attached hydrogens (primary N) is 1. The molecule has 0 unspecified atom stereocenters. The van der Waals surface area contributed by atoms with Gasteiger partial charge in [0.2, 0.25) is 0 Å². The molecule has 0 radical (unpaired) electrons. The summed E-state index contributed by atoms with van der Waals surface area (Å²) in [4.78, 5) is 21.3. The Morgan fingerprint density at radius 1 is 1.48 bits per heavy atom. The second kappa shape index (κ2) is 7.09. The van der Waals surface area contributed by atoms with Crippen molar-refractivity contribution >= 4 is 28.2 Å². The van der Waals surface area contributed by atoms with Crippen molar-refractivity contribution in [2.75, 3.05) is 37.4 Å². The Bertz CT molecular complexity index is 485. The van der Waals surface area contributed by atoms with E-state index >= 15 is 0 Å². The number of aliphatic hydroxyl groups is 1. The SMILES string of the molecule is CCN(C)c1nc(N)c(C(=O)N(CCO)C2CCCC2)s1. The van der Waals surface area contributed by atoms with Gasteiger partial charge < -0.3 is 20.6 Å². The number of amides is 1. The van der Waals surface area contributed by atoms with Crippen LogP contribution in [-0.2, 0) is 0 Å². The second-order valence-electron chi connectivity index (χ2n) is 5.39. The summed E-state index contributed by atoms with van der Waals surface area (Å²) in [6.07, 6.45) is 4.29. The van der Waals surface area contributed by atoms with Gasteiger partial charge in [-0.15, -0.1) is 0 Å². The molecule has 118 valence electrons. The van der Waals surface area contributed by atoms with E-state index in [1.165, 1.54) is 11.3 Å². The van der Waals surface area contributed by atoms with Crippen molar-refractivity contribution in [3.63, 3.8) is 0 Å². The summed E-state index contributed by atoms with van der Waals surface area (Å²) in [6, 6.07) is 0.221. The van der Waals surface area contributed by atoms with Crippen LogP contribution in [0.15, 0.2) is 0 Å². The zero-order chi connectivity index (χ0) is 15.4. The first-order valence-corrected chi connectivity index (χ1v) is 8.29. The summed E-state index contributed by atoms with van der Waals surface area (Å²) >= 11 is 1.33. The molecule has 1 saturated carbocycles. The van der Waals surface area contributed by atoms with Crippen molar-refractivity contribution in [3.8, 4) is 0 Å². The topological polar surface area (TPSA) is 82.7 Å². The number of aliphatic hydroxyl groups excluding tert-OH is 1. The number of thiazole rings is 1. The van der Waals surface area contributed by atoms with Gasteiger partial charge in [-0.1, -0.05) is 24.2 Å². The fraction of sp³-hybridized carbons (Fsp3) is 0.714. The molecule has 6 nitrogen and oxygen atoms in total. The molecule has 0 spiro atoms. The largest absolute Gasteiger partial charge is 0.395 e. The number of carbonyl (C=O) groups excluding carboxylic acids is 1. The number of carbonyl (C=O) groups is 1. The van der Waals surface area contributed by atoms with Crippen molar-refractivity contribution in [1.29, 1.82) is 0 Å². The lowest BCUT2D eigenvalue weighted by atomic mass is 10.2. The zero-order valence-corrected chi connectivity index (χ0v) is 13.5. The molecule has 21 heavy (non-hydrogen) atoms. The van der Waals surface area contributed by atoms with Gasteiger partial charge in [0.1, 0.15) is 10.7 Å². The molecule has 1 heterocycles. The Balaban J connectivity index is 2.21. The van der Waals surface area contributed by atoms with Gasteiger partial charge in [0.05, 0.1) is 6.61 Å². The molecule has 0 bridgehead atoms. The maximum atomic E-state index is 12.8. The molecule has 1 aromatic heterocycles. The first-order valence-electron chi connectivity index (χ1n) is 7.47. The monoisotopic (exact) mass is 312 g/mol. The van der Waals surface area contributed by atoms with Crippen molar-refractivity contribution in [1.82, 2.24) is 9.88 Å². The molecular formula is C14H24N4O2S. The van der Waals surface area contributed by atoms with Crippen LogP contribution in [0.1, 0.15) is 42.3 Å². The molecule has 7 heteroatoms. The van der Waals surface area contributed by atoms with Crippen LogP contribution in [0.25, 0.3) is 0 Å². The molecule has 0 aromatic carbocycles. The Morgan fingerprint density at radius 2 is 2.14 bits per heavy atom. The van der Waals surface area contributed by atoms with Crippen LogP contribution in [0.2, 0.25) is 0 Å². The summed E-state index contributed by atoms with van der Waals surface area (Å²) in [5.74, 6) is 0.197. The molecule has 3 N–H and O–H groups in total. The molecule has 2 rings (SSSR count). The number of rotatable bonds is 6. The quantitative estimate of drug-likeness (QED) is 0.833. The summed E-state index contributed by atoms with van der Waals surface area (Å²) < 4.78 is 0. The Hall–Kier alpha value is -1.34. The fourth-order valence-electron chi connectivity index (χ4n) is 2.68. The second-order valence-corrected chi connectivity index (χ2v) is 6.36. The third kappa shape index (κ3) is 3.47. The minimum Gasteiger partial charge on any atom is -0.395 e. The lowest BCUT2D eigenvalue weighted by Crippen LogP contribution is -2.40. The molecule has 0 aliphatic heterocycles. The standard InChI is InChI=1S/C14H24N4O2S/c1-3-17(2)14-16-12(15)11(21-14)13(20)18(8-9-19)10-6-4-5-7-10/h10,19H,3-9,15H2,1-2H3. The fourth-order valence-corrected chi connectivity index (χ4v) is 3.64. The van der Waals surface area contributed by atoms with Gasteiger partial charge in [-0.2, -0.15) is 0 Å². The minimum absolute atomic E-state index is 0.0251. The third-order valence-electron chi connectivity index (χ3n) is 4.00. The lowest BCUT2D eigenvalue weighted by molar-refractivity contribution is 0.0644. The molecule has 0 saturated heterocycles. The van der Waals surface area contributed by atoms with Crippen molar-refractivity contribution < 1.29 is 9.90 Å². The lowest BCUT2D eigenvalue weighted by Gasteiger charge is -2.27. The number of hydrogen-bond donors (Lipinski definition) is 2. The van der Waals surface area contributed by atoms with Gasteiger partial charge in [-0.3, -0.25) is 4.79 Å². The van der Waals surface area contributed by atoms with Gasteiger partial charge in [0, 0.05) is 26.2 Å². The third-order valence-corrected chi connectivity index (χ3v) is 5.18. The van der Waals surface area contributed by atoms with Crippen LogP contribution in [0.3, 0.4) is 0 Å². The molecule has 1 amide bonds. The molecule has 0 atom stereocenters. The van der Waals surface area contributed by atoms with E-state index in [9.17, 15) is 9.90 Å². The van der Waals surface area contributed by atoms with Crippen LogP contribution in [0.4, 0.5) is 10.9 Å². The van der Waals surface area contributed by atoms with E-state index in [2.05, 4.69) is 4.98 Å². The first kappa shape index (κ1) is 16.0. The number of anilines is 2. The molecule has 1 aliphatic carbocycles. The summed E-state index contributed by atoms with van der Waals surface area (Å²) in [6.45, 7) is 3.17. The smallest absolute Gasteiger partial charge is 0.268 e. The van der Waals surface area contributed by atoms with Gasteiger partial charge in [-0.05, 0) is 19.8 Å². The number of nitrogen functional groups attached to an aromatic ring is 1. The number of hydrogen-bond acceptors (Lipinski definition) is 6. The molecule has 1 fully saturated rings. The summed E-state index contributed by atoms with van der Waals surface area (Å²) in [5, 5.41) is 10.0. The highest BCUT2D eigenvalue weighted by molar-refractivity contribution is 7.18. The Kier molecular flexibility index (Phi) is 5.41. The zero-order valence-electron chi connectivity index (χ0n) is 12.7. The van der Waals surface area contributed by atoms with E-state index in [0.29, 0.717) is 17.2 Å². The maximum Gasteiger partial charge on any atom is 0.268 e. The van der Waals surface area contributed by atoms with Crippen LogP contribution >= 0.6 is 11.3 Å². The summed E-state index contributed by atoms with van der Waals surface area (Å²) in [7, 11) is 1.93. The number of nitrogens with zero attached hydrogens (tertiary/aromatic N) is 3. The highest BCUT2D eigenvalue weighted by Crippen LogP contribution is 2.31. The van der Waals surface area contributed by atoms with E-state index in [1.54, 1.807) is 4.90 Å². The van der Waals surface area contributed by atoms with E-state index in [-0.39, 0.29) is 18.6 Å². The molecule has 1 aliphatic rings. The highest BCUT2D eigenvalue weighted by Gasteiger charge is 2.30. The van der Waals surface area contributed by atoms with Gasteiger partial charge in [0.15, 0.2) is 5.13 Å². The Morgan fingerprint density at radius 3 is 2.71 bits per heavy atom. The highest BCUT2D eigenvalue weighted by atomic mass is 32.1. The van der Waals surface area contributed by atoms with Gasteiger partial charge in [-0.25, -0.2) is 4.98 Å². The van der Waals surface area contributed by atoms with E-state index in [0.717, 1.165) is 37.4 Å². The Labute approximate surface area is 129 Å². The molecular weight excluding hydrogens is 288 g/mol. The maximum absolute atomic E-state index is 12.8. The predicted molar refractivity (Wildman–Crippen MR) is 85.8 cm³/mol. The van der Waals surface area contributed by atoms with Crippen molar-refractivity contribution in [3.05, 3.63) is 4.88 Å².